The molecule has 2 aromatic rings. The van der Waals surface area contributed by atoms with Gasteiger partial charge in [0, 0.05) is 10.1 Å². The molecule has 0 radical (unpaired) electrons. The minimum atomic E-state index is -0.147. The summed E-state index contributed by atoms with van der Waals surface area (Å²) in [6, 6.07) is 7.24. The third-order valence-electron chi connectivity index (χ3n) is 3.12. The lowest BCUT2D eigenvalue weighted by atomic mass is 9.99. The molecule has 0 aliphatic heterocycles. The molecule has 0 amide bonds. The summed E-state index contributed by atoms with van der Waals surface area (Å²) in [6.45, 7) is 0. The first kappa shape index (κ1) is 12.5. The third kappa shape index (κ3) is 2.31. The van der Waals surface area contributed by atoms with E-state index in [1.165, 1.54) is 0 Å². The molecule has 1 aromatic heterocycles. The SMILES string of the molecule is O=c1[nH]c(C2CC=C(Cl)C=C2Cl)nc2ccccc12. The summed E-state index contributed by atoms with van der Waals surface area (Å²) in [5.74, 6) is 0.437. The Morgan fingerprint density at radius 3 is 2.84 bits per heavy atom. The van der Waals surface area contributed by atoms with Crippen molar-refractivity contribution in [3.8, 4) is 0 Å². The Hall–Kier alpha value is -1.58. The maximum absolute atomic E-state index is 12.0. The van der Waals surface area contributed by atoms with Gasteiger partial charge in [0.2, 0.25) is 0 Å². The van der Waals surface area contributed by atoms with E-state index in [2.05, 4.69) is 9.97 Å². The number of nitrogens with one attached hydrogen (secondary N) is 1. The van der Waals surface area contributed by atoms with Gasteiger partial charge in [0.05, 0.1) is 16.8 Å². The summed E-state index contributed by atoms with van der Waals surface area (Å²) >= 11 is 12.1. The van der Waals surface area contributed by atoms with Crippen LogP contribution in [0.2, 0.25) is 0 Å². The number of rotatable bonds is 1. The summed E-state index contributed by atoms with van der Waals surface area (Å²) in [5.41, 5.74) is 0.525. The quantitative estimate of drug-likeness (QED) is 0.872. The zero-order valence-corrected chi connectivity index (χ0v) is 11.4. The van der Waals surface area contributed by atoms with Crippen LogP contribution in [0.25, 0.3) is 10.9 Å². The highest BCUT2D eigenvalue weighted by Gasteiger charge is 2.21. The summed E-state index contributed by atoms with van der Waals surface area (Å²) < 4.78 is 0. The lowest BCUT2D eigenvalue weighted by molar-refractivity contribution is 0.760. The predicted octanol–water partition coefficient (Wildman–Crippen LogP) is 3.66. The van der Waals surface area contributed by atoms with Gasteiger partial charge in [-0.3, -0.25) is 4.79 Å². The number of aromatic nitrogens is 2. The Kier molecular flexibility index (Phi) is 3.17. The maximum atomic E-state index is 12.0. The molecule has 0 saturated heterocycles. The Morgan fingerprint density at radius 2 is 2.05 bits per heavy atom. The first-order chi connectivity index (χ1) is 9.15. The van der Waals surface area contributed by atoms with E-state index < -0.39 is 0 Å². The molecule has 96 valence electrons. The topological polar surface area (TPSA) is 45.8 Å². The van der Waals surface area contributed by atoms with Gasteiger partial charge < -0.3 is 4.98 Å². The van der Waals surface area contributed by atoms with Crippen LogP contribution in [0.4, 0.5) is 0 Å². The van der Waals surface area contributed by atoms with Crippen LogP contribution in [0.3, 0.4) is 0 Å². The van der Waals surface area contributed by atoms with Gasteiger partial charge >= 0.3 is 0 Å². The summed E-state index contributed by atoms with van der Waals surface area (Å²) in [5, 5.41) is 1.78. The second-order valence-corrected chi connectivity index (χ2v) is 5.25. The number of hydrogen-bond donors (Lipinski definition) is 1. The molecule has 3 rings (SSSR count). The molecule has 1 unspecified atom stereocenters. The fourth-order valence-corrected chi connectivity index (χ4v) is 2.72. The largest absolute Gasteiger partial charge is 0.309 e. The number of benzene rings is 1. The van der Waals surface area contributed by atoms with Gasteiger partial charge in [-0.2, -0.15) is 0 Å². The number of para-hydroxylation sites is 1. The van der Waals surface area contributed by atoms with Crippen LogP contribution in [-0.2, 0) is 0 Å². The van der Waals surface area contributed by atoms with E-state index in [-0.39, 0.29) is 11.5 Å². The van der Waals surface area contributed by atoms with E-state index in [4.69, 9.17) is 23.2 Å². The van der Waals surface area contributed by atoms with Crippen LogP contribution in [0.15, 0.2) is 51.3 Å². The molecule has 1 atom stereocenters. The average Bonchev–Trinajstić information content (AvgIpc) is 2.38. The zero-order valence-electron chi connectivity index (χ0n) is 9.86. The van der Waals surface area contributed by atoms with Gasteiger partial charge in [0.25, 0.3) is 5.56 Å². The Bertz CT molecular complexity index is 761. The number of nitrogens with zero attached hydrogens (tertiary/aromatic N) is 1. The van der Waals surface area contributed by atoms with E-state index in [0.717, 1.165) is 0 Å². The lowest BCUT2D eigenvalue weighted by Gasteiger charge is -2.17. The van der Waals surface area contributed by atoms with Crippen molar-refractivity contribution >= 4 is 34.1 Å². The molecule has 3 nitrogen and oxygen atoms in total. The highest BCUT2D eigenvalue weighted by molar-refractivity contribution is 6.35. The second-order valence-electron chi connectivity index (χ2n) is 4.37. The van der Waals surface area contributed by atoms with E-state index in [1.54, 1.807) is 12.1 Å². The fourth-order valence-electron chi connectivity index (χ4n) is 2.15. The molecule has 0 fully saturated rings. The van der Waals surface area contributed by atoms with Gasteiger partial charge in [-0.05, 0) is 24.6 Å². The average molecular weight is 293 g/mol. The summed E-state index contributed by atoms with van der Waals surface area (Å²) in [7, 11) is 0. The van der Waals surface area contributed by atoms with Crippen LogP contribution in [0.1, 0.15) is 18.2 Å². The van der Waals surface area contributed by atoms with Crippen LogP contribution in [0, 0.1) is 0 Å². The van der Waals surface area contributed by atoms with Gasteiger partial charge in [-0.25, -0.2) is 4.98 Å². The molecule has 1 aliphatic carbocycles. The molecule has 1 heterocycles. The Labute approximate surface area is 119 Å². The number of fused-ring (bicyclic) bond motifs is 1. The molecule has 0 spiro atoms. The third-order valence-corrected chi connectivity index (χ3v) is 3.75. The normalized spacial score (nSPS) is 19.2. The van der Waals surface area contributed by atoms with Crippen LogP contribution >= 0.6 is 23.2 Å². The van der Waals surface area contributed by atoms with Crippen molar-refractivity contribution in [2.75, 3.05) is 0 Å². The minimum absolute atomic E-state index is 0.138. The Morgan fingerprint density at radius 1 is 1.26 bits per heavy atom. The first-order valence-electron chi connectivity index (χ1n) is 5.87. The predicted molar refractivity (Wildman–Crippen MR) is 77.6 cm³/mol. The van der Waals surface area contributed by atoms with Crippen molar-refractivity contribution in [3.63, 3.8) is 0 Å². The molecular formula is C14H10Cl2N2O. The van der Waals surface area contributed by atoms with Gasteiger partial charge in [-0.15, -0.1) is 0 Å². The number of aromatic amines is 1. The van der Waals surface area contributed by atoms with Crippen molar-refractivity contribution in [2.24, 2.45) is 0 Å². The van der Waals surface area contributed by atoms with Gasteiger partial charge in [0.1, 0.15) is 5.82 Å². The van der Waals surface area contributed by atoms with Crippen molar-refractivity contribution in [2.45, 2.75) is 12.3 Å². The molecule has 0 bridgehead atoms. The molecule has 0 saturated carbocycles. The first-order valence-corrected chi connectivity index (χ1v) is 6.62. The van der Waals surface area contributed by atoms with E-state index in [9.17, 15) is 4.79 Å². The molecule has 5 heteroatoms. The van der Waals surface area contributed by atoms with Gasteiger partial charge in [0.15, 0.2) is 0 Å². The van der Waals surface area contributed by atoms with Crippen molar-refractivity contribution in [1.82, 2.24) is 9.97 Å². The fraction of sp³-hybridized carbons (Fsp3) is 0.143. The van der Waals surface area contributed by atoms with Crippen molar-refractivity contribution in [3.05, 3.63) is 62.7 Å². The smallest absolute Gasteiger partial charge is 0.258 e. The summed E-state index contributed by atoms with van der Waals surface area (Å²) in [4.78, 5) is 19.3. The molecule has 1 N–H and O–H groups in total. The second kappa shape index (κ2) is 4.83. The Balaban J connectivity index is 2.12. The number of halogens is 2. The molecular weight excluding hydrogens is 283 g/mol. The van der Waals surface area contributed by atoms with E-state index in [1.807, 2.05) is 24.3 Å². The highest BCUT2D eigenvalue weighted by Crippen LogP contribution is 2.34. The van der Waals surface area contributed by atoms with Crippen LogP contribution < -0.4 is 5.56 Å². The van der Waals surface area contributed by atoms with E-state index in [0.29, 0.717) is 33.2 Å². The van der Waals surface area contributed by atoms with Gasteiger partial charge in [-0.1, -0.05) is 41.4 Å². The number of allylic oxidation sites excluding steroid dienone is 4. The molecule has 1 aromatic carbocycles. The standard InChI is InChI=1S/C14H10Cl2N2O/c15-8-5-6-9(11(16)7-8)13-17-12-4-2-1-3-10(12)14(19)18-13/h1-5,7,9H,6H2,(H,17,18,19). The van der Waals surface area contributed by atoms with E-state index >= 15 is 0 Å². The van der Waals surface area contributed by atoms with Crippen LogP contribution in [-0.4, -0.2) is 9.97 Å². The molecule has 19 heavy (non-hydrogen) atoms. The maximum Gasteiger partial charge on any atom is 0.258 e. The lowest BCUT2D eigenvalue weighted by Crippen LogP contribution is -2.15. The van der Waals surface area contributed by atoms with Crippen molar-refractivity contribution < 1.29 is 0 Å². The number of H-pyrrole nitrogens is 1. The summed E-state index contributed by atoms with van der Waals surface area (Å²) in [6.07, 6.45) is 4.19. The monoisotopic (exact) mass is 292 g/mol. The number of hydrogen-bond acceptors (Lipinski definition) is 2. The van der Waals surface area contributed by atoms with Crippen LogP contribution in [0.5, 0.6) is 0 Å². The van der Waals surface area contributed by atoms with Crippen molar-refractivity contribution in [1.29, 1.82) is 0 Å². The molecule has 1 aliphatic rings. The highest BCUT2D eigenvalue weighted by atomic mass is 35.5. The zero-order chi connectivity index (χ0) is 13.4. The minimum Gasteiger partial charge on any atom is -0.309 e.